The van der Waals surface area contributed by atoms with Crippen LogP contribution in [0, 0.1) is 6.92 Å². The number of halogens is 3. The first-order chi connectivity index (χ1) is 7.86. The van der Waals surface area contributed by atoms with Gasteiger partial charge >= 0.3 is 6.18 Å². The Morgan fingerprint density at radius 1 is 1.24 bits per heavy atom. The summed E-state index contributed by atoms with van der Waals surface area (Å²) >= 11 is 0. The molecule has 0 amide bonds. The third-order valence-corrected chi connectivity index (χ3v) is 2.26. The third-order valence-electron chi connectivity index (χ3n) is 2.26. The van der Waals surface area contributed by atoms with Gasteiger partial charge in [-0.15, -0.1) is 0 Å². The van der Waals surface area contributed by atoms with Crippen molar-refractivity contribution in [3.63, 3.8) is 0 Å². The van der Waals surface area contributed by atoms with Gasteiger partial charge in [0, 0.05) is 11.9 Å². The number of alkyl halides is 3. The predicted octanol–water partition coefficient (Wildman–Crippen LogP) is 2.78. The van der Waals surface area contributed by atoms with Crippen LogP contribution in [0.4, 0.5) is 18.9 Å². The van der Waals surface area contributed by atoms with Crippen LogP contribution in [0.2, 0.25) is 0 Å². The van der Waals surface area contributed by atoms with E-state index in [-0.39, 0.29) is 0 Å². The SMILES string of the molecule is Cc1cc(N)cc(-n2cc(C(F)(F)F)cn2)c1. The molecular weight excluding hydrogens is 231 g/mol. The van der Waals surface area contributed by atoms with Crippen LogP contribution in [0.15, 0.2) is 30.6 Å². The Hall–Kier alpha value is -1.98. The van der Waals surface area contributed by atoms with Gasteiger partial charge in [-0.3, -0.25) is 0 Å². The molecule has 3 nitrogen and oxygen atoms in total. The number of hydrogen-bond donors (Lipinski definition) is 1. The highest BCUT2D eigenvalue weighted by atomic mass is 19.4. The standard InChI is InChI=1S/C11H10F3N3/c1-7-2-9(15)4-10(3-7)17-6-8(5-16-17)11(12,13)14/h2-6H,15H2,1H3. The molecule has 0 atom stereocenters. The minimum atomic E-state index is -4.38. The fourth-order valence-electron chi connectivity index (χ4n) is 1.53. The van der Waals surface area contributed by atoms with Crippen LogP contribution in [-0.2, 0) is 6.18 Å². The maximum Gasteiger partial charge on any atom is 0.419 e. The molecule has 2 N–H and O–H groups in total. The van der Waals surface area contributed by atoms with Crippen molar-refractivity contribution in [1.29, 1.82) is 0 Å². The lowest BCUT2D eigenvalue weighted by Gasteiger charge is -2.05. The molecule has 0 aliphatic rings. The summed E-state index contributed by atoms with van der Waals surface area (Å²) in [5, 5.41) is 3.68. The summed E-state index contributed by atoms with van der Waals surface area (Å²) in [7, 11) is 0. The summed E-state index contributed by atoms with van der Waals surface area (Å²) in [6, 6.07) is 5.02. The molecule has 0 aliphatic carbocycles. The van der Waals surface area contributed by atoms with Gasteiger partial charge in [0.25, 0.3) is 0 Å². The molecule has 6 heteroatoms. The van der Waals surface area contributed by atoms with E-state index in [2.05, 4.69) is 5.10 Å². The predicted molar refractivity (Wildman–Crippen MR) is 57.7 cm³/mol. The zero-order valence-corrected chi connectivity index (χ0v) is 8.99. The van der Waals surface area contributed by atoms with E-state index in [1.165, 1.54) is 0 Å². The zero-order valence-electron chi connectivity index (χ0n) is 8.99. The number of nitrogens with two attached hydrogens (primary N) is 1. The van der Waals surface area contributed by atoms with E-state index >= 15 is 0 Å². The fraction of sp³-hybridized carbons (Fsp3) is 0.182. The van der Waals surface area contributed by atoms with E-state index in [0.29, 0.717) is 11.4 Å². The van der Waals surface area contributed by atoms with Crippen molar-refractivity contribution in [3.05, 3.63) is 41.7 Å². The summed E-state index contributed by atoms with van der Waals surface area (Å²) in [6.07, 6.45) is -2.65. The van der Waals surface area contributed by atoms with Crippen molar-refractivity contribution in [2.75, 3.05) is 5.73 Å². The van der Waals surface area contributed by atoms with Crippen LogP contribution in [0.3, 0.4) is 0 Å². The summed E-state index contributed by atoms with van der Waals surface area (Å²) in [4.78, 5) is 0. The van der Waals surface area contributed by atoms with Crippen LogP contribution in [0.25, 0.3) is 5.69 Å². The molecule has 0 spiro atoms. The molecule has 0 fully saturated rings. The minimum Gasteiger partial charge on any atom is -0.399 e. The van der Waals surface area contributed by atoms with E-state index in [0.717, 1.165) is 22.6 Å². The summed E-state index contributed by atoms with van der Waals surface area (Å²) in [6.45, 7) is 1.81. The second-order valence-electron chi connectivity index (χ2n) is 3.77. The van der Waals surface area contributed by atoms with Gasteiger partial charge in [0.15, 0.2) is 0 Å². The second-order valence-corrected chi connectivity index (χ2v) is 3.77. The largest absolute Gasteiger partial charge is 0.419 e. The lowest BCUT2D eigenvalue weighted by Crippen LogP contribution is -2.03. The fourth-order valence-corrected chi connectivity index (χ4v) is 1.53. The normalized spacial score (nSPS) is 11.8. The van der Waals surface area contributed by atoms with Crippen molar-refractivity contribution >= 4 is 5.69 Å². The van der Waals surface area contributed by atoms with Crippen LogP contribution in [0.1, 0.15) is 11.1 Å². The Labute approximate surface area is 95.7 Å². The van der Waals surface area contributed by atoms with Crippen LogP contribution >= 0.6 is 0 Å². The van der Waals surface area contributed by atoms with Crippen LogP contribution in [0.5, 0.6) is 0 Å². The van der Waals surface area contributed by atoms with E-state index in [4.69, 9.17) is 5.73 Å². The molecule has 0 radical (unpaired) electrons. The molecule has 1 heterocycles. The number of aromatic nitrogens is 2. The quantitative estimate of drug-likeness (QED) is 0.780. The maximum absolute atomic E-state index is 12.4. The van der Waals surface area contributed by atoms with Crippen LogP contribution < -0.4 is 5.73 Å². The van der Waals surface area contributed by atoms with Crippen molar-refractivity contribution in [1.82, 2.24) is 9.78 Å². The lowest BCUT2D eigenvalue weighted by atomic mass is 10.2. The molecule has 1 aromatic heterocycles. The molecule has 0 unspecified atom stereocenters. The first-order valence-electron chi connectivity index (χ1n) is 4.86. The Balaban J connectivity index is 2.44. The van der Waals surface area contributed by atoms with Gasteiger partial charge in [0.05, 0.1) is 17.4 Å². The number of aryl methyl sites for hydroxylation is 1. The molecule has 1 aromatic carbocycles. The van der Waals surface area contributed by atoms with Crippen molar-refractivity contribution in [2.24, 2.45) is 0 Å². The highest BCUT2D eigenvalue weighted by molar-refractivity contribution is 5.50. The Bertz CT molecular complexity index is 523. The highest BCUT2D eigenvalue weighted by Crippen LogP contribution is 2.29. The third kappa shape index (κ3) is 2.41. The van der Waals surface area contributed by atoms with Crippen molar-refractivity contribution in [2.45, 2.75) is 13.1 Å². The second kappa shape index (κ2) is 3.80. The summed E-state index contributed by atoms with van der Waals surface area (Å²) in [5.74, 6) is 0. The number of nitrogens with zero attached hydrogens (tertiary/aromatic N) is 2. The van der Waals surface area contributed by atoms with Crippen molar-refractivity contribution < 1.29 is 13.2 Å². The summed E-state index contributed by atoms with van der Waals surface area (Å²) < 4.78 is 38.4. The minimum absolute atomic E-state index is 0.490. The Morgan fingerprint density at radius 3 is 2.47 bits per heavy atom. The summed E-state index contributed by atoms with van der Waals surface area (Å²) in [5.41, 5.74) is 6.71. The van der Waals surface area contributed by atoms with Gasteiger partial charge in [0.2, 0.25) is 0 Å². The highest BCUT2D eigenvalue weighted by Gasteiger charge is 2.32. The van der Waals surface area contributed by atoms with Crippen LogP contribution in [-0.4, -0.2) is 9.78 Å². The number of anilines is 1. The number of rotatable bonds is 1. The average molecular weight is 241 g/mol. The smallest absolute Gasteiger partial charge is 0.399 e. The molecule has 0 bridgehead atoms. The van der Waals surface area contributed by atoms with Gasteiger partial charge in [-0.2, -0.15) is 18.3 Å². The molecule has 90 valence electrons. The molecule has 2 rings (SSSR count). The van der Waals surface area contributed by atoms with Crippen molar-refractivity contribution in [3.8, 4) is 5.69 Å². The molecular formula is C11H10F3N3. The van der Waals surface area contributed by atoms with E-state index in [1.54, 1.807) is 18.2 Å². The van der Waals surface area contributed by atoms with E-state index < -0.39 is 11.7 Å². The number of benzene rings is 1. The Morgan fingerprint density at radius 2 is 1.94 bits per heavy atom. The average Bonchev–Trinajstić information content (AvgIpc) is 2.63. The van der Waals surface area contributed by atoms with E-state index in [9.17, 15) is 13.2 Å². The van der Waals surface area contributed by atoms with Gasteiger partial charge in [-0.1, -0.05) is 0 Å². The topological polar surface area (TPSA) is 43.8 Å². The van der Waals surface area contributed by atoms with Gasteiger partial charge in [0.1, 0.15) is 0 Å². The van der Waals surface area contributed by atoms with Gasteiger partial charge in [-0.25, -0.2) is 4.68 Å². The molecule has 0 aliphatic heterocycles. The molecule has 2 aromatic rings. The van der Waals surface area contributed by atoms with E-state index in [1.807, 2.05) is 6.92 Å². The lowest BCUT2D eigenvalue weighted by molar-refractivity contribution is -0.137. The first-order valence-corrected chi connectivity index (χ1v) is 4.86. The number of nitrogen functional groups attached to an aromatic ring is 1. The molecule has 17 heavy (non-hydrogen) atoms. The maximum atomic E-state index is 12.4. The number of hydrogen-bond acceptors (Lipinski definition) is 2. The molecule has 0 saturated carbocycles. The molecule has 0 saturated heterocycles. The monoisotopic (exact) mass is 241 g/mol. The van der Waals surface area contributed by atoms with Gasteiger partial charge < -0.3 is 5.73 Å². The zero-order chi connectivity index (χ0) is 12.6. The van der Waals surface area contributed by atoms with Gasteiger partial charge in [-0.05, 0) is 30.7 Å². The first kappa shape index (κ1) is 11.5. The Kier molecular flexibility index (Phi) is 2.57.